The molecule has 1 fully saturated rings. The van der Waals surface area contributed by atoms with Gasteiger partial charge in [-0.2, -0.15) is 0 Å². The zero-order valence-electron chi connectivity index (χ0n) is 10.9. The standard InChI is InChI=1S/C13H18FNO4S/c14-11-3-1-2-10(6-11)7-15(4-5-16)12-8-20(18,19)9-13(12)17/h1-3,6,12-13,16-17H,4-5,7-9H2/t12-,13+/m1/s1. The van der Waals surface area contributed by atoms with E-state index in [1.807, 2.05) is 0 Å². The van der Waals surface area contributed by atoms with Crippen molar-refractivity contribution in [2.45, 2.75) is 18.7 Å². The third kappa shape index (κ3) is 3.76. The Morgan fingerprint density at radius 1 is 1.35 bits per heavy atom. The first-order chi connectivity index (χ1) is 9.41. The van der Waals surface area contributed by atoms with Crippen LogP contribution in [0, 0.1) is 5.82 Å². The number of benzene rings is 1. The van der Waals surface area contributed by atoms with E-state index >= 15 is 0 Å². The van der Waals surface area contributed by atoms with Crippen LogP contribution in [0.5, 0.6) is 0 Å². The van der Waals surface area contributed by atoms with Crippen LogP contribution in [0.4, 0.5) is 4.39 Å². The van der Waals surface area contributed by atoms with Gasteiger partial charge in [0, 0.05) is 13.1 Å². The van der Waals surface area contributed by atoms with Gasteiger partial charge < -0.3 is 10.2 Å². The second kappa shape index (κ2) is 6.17. The molecule has 1 aliphatic heterocycles. The molecule has 7 heteroatoms. The molecule has 0 aromatic heterocycles. The van der Waals surface area contributed by atoms with Gasteiger partial charge in [-0.05, 0) is 17.7 Å². The topological polar surface area (TPSA) is 77.8 Å². The Hall–Kier alpha value is -1.02. The maximum Gasteiger partial charge on any atom is 0.154 e. The smallest absolute Gasteiger partial charge is 0.154 e. The van der Waals surface area contributed by atoms with Crippen molar-refractivity contribution in [3.8, 4) is 0 Å². The monoisotopic (exact) mass is 303 g/mol. The number of rotatable bonds is 5. The molecule has 1 aromatic rings. The first kappa shape index (κ1) is 15.4. The molecule has 5 nitrogen and oxygen atoms in total. The molecule has 0 spiro atoms. The van der Waals surface area contributed by atoms with Crippen LogP contribution in [0.15, 0.2) is 24.3 Å². The number of aliphatic hydroxyl groups is 2. The minimum Gasteiger partial charge on any atom is -0.395 e. The molecule has 1 aliphatic rings. The number of halogens is 1. The van der Waals surface area contributed by atoms with Crippen molar-refractivity contribution >= 4 is 9.84 Å². The van der Waals surface area contributed by atoms with Crippen LogP contribution in [-0.2, 0) is 16.4 Å². The van der Waals surface area contributed by atoms with Crippen molar-refractivity contribution in [3.05, 3.63) is 35.6 Å². The molecular formula is C13H18FNO4S. The predicted octanol–water partition coefficient (Wildman–Crippen LogP) is -0.222. The summed E-state index contributed by atoms with van der Waals surface area (Å²) in [5, 5.41) is 19.0. The number of hydrogen-bond donors (Lipinski definition) is 2. The largest absolute Gasteiger partial charge is 0.395 e. The Morgan fingerprint density at radius 2 is 2.10 bits per heavy atom. The molecule has 0 amide bonds. The molecule has 0 bridgehead atoms. The first-order valence-electron chi connectivity index (χ1n) is 6.39. The SMILES string of the molecule is O=S1(=O)C[C@@H](N(CCO)Cc2cccc(F)c2)[C@@H](O)C1. The molecule has 1 saturated heterocycles. The second-order valence-corrected chi connectivity index (χ2v) is 7.19. The summed E-state index contributed by atoms with van der Waals surface area (Å²) in [5.74, 6) is -0.766. The highest BCUT2D eigenvalue weighted by molar-refractivity contribution is 7.91. The molecule has 0 radical (unpaired) electrons. The second-order valence-electron chi connectivity index (χ2n) is 5.04. The van der Waals surface area contributed by atoms with E-state index in [2.05, 4.69) is 0 Å². The average molecular weight is 303 g/mol. The zero-order valence-corrected chi connectivity index (χ0v) is 11.8. The van der Waals surface area contributed by atoms with Gasteiger partial charge in [-0.1, -0.05) is 12.1 Å². The summed E-state index contributed by atoms with van der Waals surface area (Å²) < 4.78 is 36.3. The van der Waals surface area contributed by atoms with Gasteiger partial charge in [0.1, 0.15) is 5.82 Å². The number of nitrogens with zero attached hydrogens (tertiary/aromatic N) is 1. The summed E-state index contributed by atoms with van der Waals surface area (Å²) >= 11 is 0. The van der Waals surface area contributed by atoms with E-state index < -0.39 is 22.0 Å². The van der Waals surface area contributed by atoms with Crippen molar-refractivity contribution in [2.75, 3.05) is 24.7 Å². The molecule has 0 saturated carbocycles. The number of hydrogen-bond acceptors (Lipinski definition) is 5. The van der Waals surface area contributed by atoms with Gasteiger partial charge in [0.25, 0.3) is 0 Å². The van der Waals surface area contributed by atoms with Crippen LogP contribution in [0.3, 0.4) is 0 Å². The quantitative estimate of drug-likeness (QED) is 0.786. The summed E-state index contributed by atoms with van der Waals surface area (Å²) in [7, 11) is -3.26. The lowest BCUT2D eigenvalue weighted by atomic mass is 10.1. The Morgan fingerprint density at radius 3 is 2.65 bits per heavy atom. The molecule has 1 aromatic carbocycles. The van der Waals surface area contributed by atoms with E-state index in [9.17, 15) is 17.9 Å². The van der Waals surface area contributed by atoms with Gasteiger partial charge >= 0.3 is 0 Å². The van der Waals surface area contributed by atoms with E-state index in [0.717, 1.165) is 0 Å². The van der Waals surface area contributed by atoms with Gasteiger partial charge in [0.15, 0.2) is 9.84 Å². The minimum absolute atomic E-state index is 0.135. The maximum absolute atomic E-state index is 13.2. The van der Waals surface area contributed by atoms with Crippen molar-refractivity contribution in [1.29, 1.82) is 0 Å². The van der Waals surface area contributed by atoms with Crippen LogP contribution in [0.1, 0.15) is 5.56 Å². The lowest BCUT2D eigenvalue weighted by Gasteiger charge is -2.29. The summed E-state index contributed by atoms with van der Waals surface area (Å²) in [6.45, 7) is 0.363. The van der Waals surface area contributed by atoms with Crippen LogP contribution >= 0.6 is 0 Å². The van der Waals surface area contributed by atoms with Crippen molar-refractivity contribution < 1.29 is 23.0 Å². The summed E-state index contributed by atoms with van der Waals surface area (Å²) in [6, 6.07) is 5.43. The molecule has 2 atom stereocenters. The molecule has 20 heavy (non-hydrogen) atoms. The fourth-order valence-electron chi connectivity index (χ4n) is 2.52. The maximum atomic E-state index is 13.2. The van der Waals surface area contributed by atoms with E-state index in [0.29, 0.717) is 5.56 Å². The van der Waals surface area contributed by atoms with Gasteiger partial charge in [-0.3, -0.25) is 4.90 Å². The summed E-state index contributed by atoms with van der Waals surface area (Å²) in [4.78, 5) is 1.68. The summed E-state index contributed by atoms with van der Waals surface area (Å²) in [5.41, 5.74) is 0.676. The third-order valence-corrected chi connectivity index (χ3v) is 5.12. The summed E-state index contributed by atoms with van der Waals surface area (Å²) in [6.07, 6.45) is -0.972. The van der Waals surface area contributed by atoms with Gasteiger partial charge in [0.2, 0.25) is 0 Å². The highest BCUT2D eigenvalue weighted by Crippen LogP contribution is 2.20. The van der Waals surface area contributed by atoms with E-state index in [4.69, 9.17) is 5.11 Å². The Labute approximate surface area is 117 Å². The lowest BCUT2D eigenvalue weighted by molar-refractivity contribution is 0.0655. The molecule has 0 unspecified atom stereocenters. The Kier molecular flexibility index (Phi) is 4.74. The Bertz CT molecular complexity index is 563. The van der Waals surface area contributed by atoms with Gasteiger partial charge in [-0.15, -0.1) is 0 Å². The van der Waals surface area contributed by atoms with E-state index in [-0.39, 0.29) is 37.0 Å². The fourth-order valence-corrected chi connectivity index (χ4v) is 4.35. The Balaban J connectivity index is 2.15. The highest BCUT2D eigenvalue weighted by atomic mass is 32.2. The van der Waals surface area contributed by atoms with Crippen LogP contribution in [-0.4, -0.2) is 60.3 Å². The van der Waals surface area contributed by atoms with Gasteiger partial charge in [-0.25, -0.2) is 12.8 Å². The van der Waals surface area contributed by atoms with E-state index in [1.54, 1.807) is 17.0 Å². The minimum atomic E-state index is -3.26. The molecule has 1 heterocycles. The average Bonchev–Trinajstić information content (AvgIpc) is 2.62. The lowest BCUT2D eigenvalue weighted by Crippen LogP contribution is -2.44. The fraction of sp³-hybridized carbons (Fsp3) is 0.538. The van der Waals surface area contributed by atoms with Crippen LogP contribution in [0.25, 0.3) is 0 Å². The van der Waals surface area contributed by atoms with Gasteiger partial charge in [0.05, 0.1) is 30.3 Å². The van der Waals surface area contributed by atoms with Crippen molar-refractivity contribution in [1.82, 2.24) is 4.90 Å². The van der Waals surface area contributed by atoms with Crippen LogP contribution in [0.2, 0.25) is 0 Å². The molecule has 2 N–H and O–H groups in total. The van der Waals surface area contributed by atoms with Crippen molar-refractivity contribution in [2.24, 2.45) is 0 Å². The highest BCUT2D eigenvalue weighted by Gasteiger charge is 2.39. The number of sulfone groups is 1. The van der Waals surface area contributed by atoms with Crippen molar-refractivity contribution in [3.63, 3.8) is 0 Å². The van der Waals surface area contributed by atoms with Crippen LogP contribution < -0.4 is 0 Å². The molecule has 0 aliphatic carbocycles. The normalized spacial score (nSPS) is 25.2. The zero-order chi connectivity index (χ0) is 14.8. The van der Waals surface area contributed by atoms with E-state index in [1.165, 1.54) is 12.1 Å². The third-order valence-electron chi connectivity index (χ3n) is 3.42. The molecule has 2 rings (SSSR count). The molecule has 112 valence electrons. The number of aliphatic hydroxyl groups excluding tert-OH is 2. The predicted molar refractivity (Wildman–Crippen MR) is 72.3 cm³/mol. The molecular weight excluding hydrogens is 285 g/mol. The first-order valence-corrected chi connectivity index (χ1v) is 8.21.